The normalized spacial score (nSPS) is 11.3. The number of nitrogens with zero attached hydrogens (tertiary/aromatic N) is 2. The second-order valence-corrected chi connectivity index (χ2v) is 9.03. The molecule has 2 aromatic heterocycles. The van der Waals surface area contributed by atoms with Gasteiger partial charge in [-0.2, -0.15) is 0 Å². The zero-order valence-corrected chi connectivity index (χ0v) is 18.6. The summed E-state index contributed by atoms with van der Waals surface area (Å²) in [6.45, 7) is 0. The zero-order valence-electron chi connectivity index (χ0n) is 17.0. The summed E-state index contributed by atoms with van der Waals surface area (Å²) in [5.41, 5.74) is 6.33. The van der Waals surface area contributed by atoms with E-state index in [-0.39, 0.29) is 0 Å². The summed E-state index contributed by atoms with van der Waals surface area (Å²) in [6, 6.07) is 35.1. The highest BCUT2D eigenvalue weighted by Gasteiger charge is 2.17. The highest BCUT2D eigenvalue weighted by atomic mass is 35.5. The fourth-order valence-electron chi connectivity index (χ4n) is 3.99. The molecule has 6 rings (SSSR count). The first-order valence-electron chi connectivity index (χ1n) is 10.4. The molecule has 2 heterocycles. The monoisotopic (exact) mass is 448 g/mol. The molecule has 0 radical (unpaired) electrons. The topological polar surface area (TPSA) is 25.8 Å². The van der Waals surface area contributed by atoms with E-state index >= 15 is 0 Å². The molecule has 152 valence electrons. The van der Waals surface area contributed by atoms with Crippen LogP contribution in [0.1, 0.15) is 0 Å². The first-order valence-corrected chi connectivity index (χ1v) is 11.6. The van der Waals surface area contributed by atoms with Crippen molar-refractivity contribution in [2.75, 3.05) is 0 Å². The molecule has 32 heavy (non-hydrogen) atoms. The molecular formula is C28H17ClN2S. The van der Waals surface area contributed by atoms with Crippen molar-refractivity contribution in [1.82, 2.24) is 9.97 Å². The summed E-state index contributed by atoms with van der Waals surface area (Å²) in [6.07, 6.45) is 0. The minimum Gasteiger partial charge on any atom is -0.226 e. The van der Waals surface area contributed by atoms with Crippen molar-refractivity contribution < 1.29 is 0 Å². The van der Waals surface area contributed by atoms with E-state index < -0.39 is 0 Å². The van der Waals surface area contributed by atoms with Crippen LogP contribution in [0.3, 0.4) is 0 Å². The van der Waals surface area contributed by atoms with Gasteiger partial charge in [0.25, 0.3) is 0 Å². The highest BCUT2D eigenvalue weighted by Crippen LogP contribution is 2.42. The quantitative estimate of drug-likeness (QED) is 0.271. The molecule has 0 aliphatic rings. The molecule has 6 aromatic rings. The van der Waals surface area contributed by atoms with E-state index in [0.717, 1.165) is 48.0 Å². The fourth-order valence-corrected chi connectivity index (χ4v) is 5.44. The van der Waals surface area contributed by atoms with Gasteiger partial charge in [-0.15, -0.1) is 11.3 Å². The lowest BCUT2D eigenvalue weighted by Crippen LogP contribution is -1.93. The highest BCUT2D eigenvalue weighted by molar-refractivity contribution is 7.26. The van der Waals surface area contributed by atoms with E-state index in [9.17, 15) is 0 Å². The van der Waals surface area contributed by atoms with Crippen molar-refractivity contribution in [3.05, 3.63) is 108 Å². The summed E-state index contributed by atoms with van der Waals surface area (Å²) in [4.78, 5) is 9.99. The molecule has 0 N–H and O–H groups in total. The lowest BCUT2D eigenvalue weighted by atomic mass is 10.0. The number of thiophene rings is 1. The summed E-state index contributed by atoms with van der Waals surface area (Å²) in [5.74, 6) is 0.722. The molecule has 0 saturated carbocycles. The van der Waals surface area contributed by atoms with Crippen molar-refractivity contribution in [3.63, 3.8) is 0 Å². The van der Waals surface area contributed by atoms with E-state index in [1.165, 1.54) is 11.1 Å². The largest absolute Gasteiger partial charge is 0.226 e. The van der Waals surface area contributed by atoms with Crippen LogP contribution in [-0.2, 0) is 0 Å². The van der Waals surface area contributed by atoms with E-state index in [1.54, 1.807) is 11.3 Å². The first-order chi connectivity index (χ1) is 15.8. The summed E-state index contributed by atoms with van der Waals surface area (Å²) >= 11 is 8.19. The SMILES string of the molecule is Clc1cccc2c1sc1c(-c3ccc(-c4ccccc4)cc3)nc(-c3ccccc3)nc12. The lowest BCUT2D eigenvalue weighted by Gasteiger charge is -2.08. The van der Waals surface area contributed by atoms with Crippen LogP contribution in [0.15, 0.2) is 103 Å². The minimum atomic E-state index is 0.722. The van der Waals surface area contributed by atoms with Crippen LogP contribution < -0.4 is 0 Å². The van der Waals surface area contributed by atoms with Crippen LogP contribution in [0.25, 0.3) is 54.1 Å². The maximum absolute atomic E-state index is 6.53. The summed E-state index contributed by atoms with van der Waals surface area (Å²) < 4.78 is 2.10. The molecule has 0 saturated heterocycles. The first kappa shape index (κ1) is 19.2. The third kappa shape index (κ3) is 3.27. The Kier molecular flexibility index (Phi) is 4.71. The number of rotatable bonds is 3. The average molecular weight is 449 g/mol. The summed E-state index contributed by atoms with van der Waals surface area (Å²) in [5, 5.41) is 1.82. The number of halogens is 1. The van der Waals surface area contributed by atoms with Gasteiger partial charge in [0.2, 0.25) is 0 Å². The van der Waals surface area contributed by atoms with Crippen LogP contribution in [-0.4, -0.2) is 9.97 Å². The van der Waals surface area contributed by atoms with Gasteiger partial charge >= 0.3 is 0 Å². The van der Waals surface area contributed by atoms with Crippen LogP contribution in [0.2, 0.25) is 5.02 Å². The van der Waals surface area contributed by atoms with Crippen LogP contribution in [0.5, 0.6) is 0 Å². The Labute approximate surface area is 194 Å². The van der Waals surface area contributed by atoms with Gasteiger partial charge in [0, 0.05) is 16.5 Å². The molecule has 0 aliphatic carbocycles. The van der Waals surface area contributed by atoms with Crippen LogP contribution in [0, 0.1) is 0 Å². The van der Waals surface area contributed by atoms with Gasteiger partial charge < -0.3 is 0 Å². The Balaban J connectivity index is 1.60. The Morgan fingerprint density at radius 1 is 0.531 bits per heavy atom. The number of benzene rings is 4. The molecule has 2 nitrogen and oxygen atoms in total. The smallest absolute Gasteiger partial charge is 0.160 e. The molecule has 0 aliphatic heterocycles. The number of fused-ring (bicyclic) bond motifs is 3. The second kappa shape index (κ2) is 7.86. The van der Waals surface area contributed by atoms with Crippen molar-refractivity contribution >= 4 is 43.2 Å². The fraction of sp³-hybridized carbons (Fsp3) is 0. The van der Waals surface area contributed by atoms with E-state index in [1.807, 2.05) is 48.5 Å². The molecule has 4 aromatic carbocycles. The molecule has 4 heteroatoms. The Morgan fingerprint density at radius 2 is 1.16 bits per heavy atom. The molecular weight excluding hydrogens is 432 g/mol. The maximum atomic E-state index is 6.53. The van der Waals surface area contributed by atoms with Gasteiger partial charge in [-0.3, -0.25) is 0 Å². The Bertz CT molecular complexity index is 1560. The maximum Gasteiger partial charge on any atom is 0.160 e. The van der Waals surface area contributed by atoms with E-state index in [2.05, 4.69) is 54.6 Å². The second-order valence-electron chi connectivity index (χ2n) is 7.60. The number of aromatic nitrogens is 2. The van der Waals surface area contributed by atoms with Gasteiger partial charge in [-0.05, 0) is 17.2 Å². The van der Waals surface area contributed by atoms with Gasteiger partial charge in [0.1, 0.15) is 0 Å². The Hall–Kier alpha value is -3.53. The van der Waals surface area contributed by atoms with Crippen molar-refractivity contribution in [1.29, 1.82) is 0 Å². The number of hydrogen-bond acceptors (Lipinski definition) is 3. The minimum absolute atomic E-state index is 0.722. The predicted molar refractivity (Wildman–Crippen MR) is 136 cm³/mol. The van der Waals surface area contributed by atoms with Gasteiger partial charge in [-0.25, -0.2) is 9.97 Å². The van der Waals surface area contributed by atoms with Crippen molar-refractivity contribution in [2.45, 2.75) is 0 Å². The number of hydrogen-bond donors (Lipinski definition) is 0. The van der Waals surface area contributed by atoms with Crippen LogP contribution >= 0.6 is 22.9 Å². The molecule has 0 bridgehead atoms. The third-order valence-corrected chi connectivity index (χ3v) is 7.25. The molecule has 0 atom stereocenters. The zero-order chi connectivity index (χ0) is 21.5. The van der Waals surface area contributed by atoms with E-state index in [4.69, 9.17) is 21.6 Å². The van der Waals surface area contributed by atoms with Crippen molar-refractivity contribution in [2.24, 2.45) is 0 Å². The predicted octanol–water partition coefficient (Wildman–Crippen LogP) is 8.50. The molecule has 0 unspecified atom stereocenters. The molecule has 0 spiro atoms. The lowest BCUT2D eigenvalue weighted by molar-refractivity contribution is 1.24. The van der Waals surface area contributed by atoms with Gasteiger partial charge in [0.05, 0.1) is 25.6 Å². The summed E-state index contributed by atoms with van der Waals surface area (Å²) in [7, 11) is 0. The average Bonchev–Trinajstić information content (AvgIpc) is 3.25. The van der Waals surface area contributed by atoms with E-state index in [0.29, 0.717) is 0 Å². The van der Waals surface area contributed by atoms with Gasteiger partial charge in [-0.1, -0.05) is 109 Å². The molecule has 0 amide bonds. The van der Waals surface area contributed by atoms with Crippen LogP contribution in [0.4, 0.5) is 0 Å². The standard InChI is InChI=1S/C28H17ClN2S/c29-23-13-7-12-22-25-27(32-26(22)23)24(30-28(31-25)21-10-5-2-6-11-21)20-16-14-19(15-17-20)18-8-3-1-4-9-18/h1-17H. The molecule has 0 fully saturated rings. The van der Waals surface area contributed by atoms with Crippen molar-refractivity contribution in [3.8, 4) is 33.8 Å². The van der Waals surface area contributed by atoms with Gasteiger partial charge in [0.15, 0.2) is 5.82 Å². The Morgan fingerprint density at radius 3 is 1.88 bits per heavy atom. The third-order valence-electron chi connectivity index (χ3n) is 5.59.